The van der Waals surface area contributed by atoms with E-state index >= 15 is 0 Å². The predicted octanol–water partition coefficient (Wildman–Crippen LogP) is -0.0231. The van der Waals surface area contributed by atoms with Crippen LogP contribution >= 0.6 is 0 Å². The fourth-order valence-corrected chi connectivity index (χ4v) is 5.21. The minimum atomic E-state index is -1.10. The molecule has 0 bridgehead atoms. The van der Waals surface area contributed by atoms with Gasteiger partial charge < -0.3 is 36.8 Å². The Bertz CT molecular complexity index is 1260. The predicted molar refractivity (Wildman–Crippen MR) is 169 cm³/mol. The van der Waals surface area contributed by atoms with E-state index in [0.717, 1.165) is 11.1 Å². The highest BCUT2D eigenvalue weighted by atomic mass is 32.2. The molecule has 44 heavy (non-hydrogen) atoms. The number of likely N-dealkylation sites (N-methyl/N-ethyl adjacent to an activating group) is 1. The summed E-state index contributed by atoms with van der Waals surface area (Å²) in [4.78, 5) is 52.9. The van der Waals surface area contributed by atoms with Crippen LogP contribution in [0, 0.1) is 0 Å². The smallest absolute Gasteiger partial charge is 0.243 e. The van der Waals surface area contributed by atoms with Crippen LogP contribution in [0.2, 0.25) is 0 Å². The summed E-state index contributed by atoms with van der Waals surface area (Å²) < 4.78 is 12.2. The third kappa shape index (κ3) is 12.1. The zero-order chi connectivity index (χ0) is 32.8. The quantitative estimate of drug-likeness (QED) is 0.140. The molecule has 0 aliphatic heterocycles. The van der Waals surface area contributed by atoms with Crippen LogP contribution in [0.4, 0.5) is 0 Å². The first-order chi connectivity index (χ1) is 20.8. The van der Waals surface area contributed by atoms with E-state index in [0.29, 0.717) is 12.2 Å². The number of aliphatic hydroxyl groups excluding tert-OH is 1. The van der Waals surface area contributed by atoms with Gasteiger partial charge in [-0.1, -0.05) is 56.3 Å². The average molecular weight is 632 g/mol. The van der Waals surface area contributed by atoms with Gasteiger partial charge in [0.1, 0.15) is 17.8 Å². The van der Waals surface area contributed by atoms with Gasteiger partial charge in [-0.2, -0.15) is 0 Å². The van der Waals surface area contributed by atoms with E-state index in [9.17, 15) is 33.6 Å². The lowest BCUT2D eigenvalue weighted by Gasteiger charge is -2.29. The molecule has 5 atom stereocenters. The molecule has 2 rings (SSSR count). The van der Waals surface area contributed by atoms with Crippen molar-refractivity contribution >= 4 is 34.4 Å². The zero-order valence-corrected chi connectivity index (χ0v) is 26.5. The zero-order valence-electron chi connectivity index (χ0n) is 25.7. The minimum absolute atomic E-state index is 0.0480. The van der Waals surface area contributed by atoms with Crippen LogP contribution < -0.4 is 21.7 Å². The molecule has 242 valence electrons. The molecule has 0 heterocycles. The summed E-state index contributed by atoms with van der Waals surface area (Å²) in [5, 5.41) is 27.0. The Labute approximate surface area is 261 Å². The summed E-state index contributed by atoms with van der Waals surface area (Å²) in [5.41, 5.74) is 7.52. The second-order valence-electron chi connectivity index (χ2n) is 10.9. The lowest BCUT2D eigenvalue weighted by molar-refractivity contribution is -0.139. The van der Waals surface area contributed by atoms with Gasteiger partial charge in [-0.25, -0.2) is 0 Å². The summed E-state index contributed by atoms with van der Waals surface area (Å²) in [6.45, 7) is 4.35. The number of amides is 4. The van der Waals surface area contributed by atoms with Crippen molar-refractivity contribution < 1.29 is 33.6 Å². The van der Waals surface area contributed by atoms with Crippen LogP contribution in [-0.4, -0.2) is 98.3 Å². The van der Waals surface area contributed by atoms with Gasteiger partial charge in [0.05, 0.1) is 25.2 Å². The number of rotatable bonds is 17. The largest absolute Gasteiger partial charge is 0.508 e. The number of nitrogens with one attached hydrogen (secondary N) is 3. The summed E-state index contributed by atoms with van der Waals surface area (Å²) in [6.07, 6.45) is 0.687. The number of hydrogen-bond acceptors (Lipinski definition) is 8. The molecule has 12 nitrogen and oxygen atoms in total. The van der Waals surface area contributed by atoms with Gasteiger partial charge in [-0.15, -0.1) is 0 Å². The van der Waals surface area contributed by atoms with Crippen molar-refractivity contribution in [3.63, 3.8) is 0 Å². The molecule has 0 saturated carbocycles. The fourth-order valence-electron chi connectivity index (χ4n) is 4.22. The van der Waals surface area contributed by atoms with Crippen molar-refractivity contribution in [3.8, 4) is 5.75 Å². The number of phenols is 1. The highest BCUT2D eigenvalue weighted by molar-refractivity contribution is 7.85. The Morgan fingerprint density at radius 1 is 0.886 bits per heavy atom. The van der Waals surface area contributed by atoms with E-state index in [1.165, 1.54) is 31.0 Å². The highest BCUT2D eigenvalue weighted by Crippen LogP contribution is 2.12. The molecular weight excluding hydrogens is 586 g/mol. The maximum atomic E-state index is 13.4. The summed E-state index contributed by atoms with van der Waals surface area (Å²) in [5.74, 6) is -1.80. The lowest BCUT2D eigenvalue weighted by Crippen LogP contribution is -2.55. The van der Waals surface area contributed by atoms with Crippen LogP contribution in [-0.2, 0) is 42.8 Å². The van der Waals surface area contributed by atoms with Gasteiger partial charge in [0, 0.05) is 35.3 Å². The number of hydrogen-bond donors (Lipinski definition) is 6. The van der Waals surface area contributed by atoms with Crippen molar-refractivity contribution in [1.29, 1.82) is 0 Å². The molecule has 0 aliphatic rings. The fraction of sp³-hybridized carbons (Fsp3) is 0.484. The van der Waals surface area contributed by atoms with E-state index in [1.807, 2.05) is 44.2 Å². The standard InChI is InChI=1S/C31H45N5O7S/c1-20(2)44(43)15-14-24(19-37)35-31(42)27(17-22-8-6-5-7-9-22)36(4)28(39)18-33-29(40)21(3)34-30(41)26(32)16-23-10-12-25(38)13-11-23/h5-13,20-21,24,26-27,37-38H,14-19,32H2,1-4H3,(H,33,40)(H,34,41)(H,35,42). The Morgan fingerprint density at radius 2 is 1.50 bits per heavy atom. The second-order valence-corrected chi connectivity index (χ2v) is 13.1. The minimum Gasteiger partial charge on any atom is -0.508 e. The lowest BCUT2D eigenvalue weighted by atomic mass is 10.0. The summed E-state index contributed by atoms with van der Waals surface area (Å²) in [6, 6.07) is 11.9. The van der Waals surface area contributed by atoms with Crippen molar-refractivity contribution in [1.82, 2.24) is 20.9 Å². The van der Waals surface area contributed by atoms with Crippen LogP contribution in [0.25, 0.3) is 0 Å². The van der Waals surface area contributed by atoms with E-state index in [2.05, 4.69) is 16.0 Å². The van der Waals surface area contributed by atoms with Gasteiger partial charge >= 0.3 is 0 Å². The van der Waals surface area contributed by atoms with Crippen LogP contribution in [0.3, 0.4) is 0 Å². The first kappa shape index (κ1) is 36.4. The van der Waals surface area contributed by atoms with Crippen molar-refractivity contribution in [2.24, 2.45) is 5.73 Å². The molecule has 0 spiro atoms. The summed E-state index contributed by atoms with van der Waals surface area (Å²) >= 11 is 0. The summed E-state index contributed by atoms with van der Waals surface area (Å²) in [7, 11) is 0.351. The Morgan fingerprint density at radius 3 is 2.09 bits per heavy atom. The molecule has 2 aromatic carbocycles. The van der Waals surface area contributed by atoms with E-state index < -0.39 is 65.1 Å². The molecule has 0 aromatic heterocycles. The molecule has 2 aromatic rings. The number of aliphatic hydroxyl groups is 1. The second kappa shape index (κ2) is 18.1. The topological polar surface area (TPSA) is 191 Å². The van der Waals surface area contributed by atoms with E-state index in [-0.39, 0.29) is 30.4 Å². The van der Waals surface area contributed by atoms with Crippen molar-refractivity contribution in [2.45, 2.75) is 69.5 Å². The SMILES string of the molecule is CC(NC(=O)C(N)Cc1ccc(O)cc1)C(=O)NCC(=O)N(C)C(Cc1ccccc1)C(=O)NC(CO)CCS(=O)C(C)C. The average Bonchev–Trinajstić information content (AvgIpc) is 3.01. The molecule has 4 amide bonds. The normalized spacial score (nSPS) is 14.5. The highest BCUT2D eigenvalue weighted by Gasteiger charge is 2.29. The third-order valence-corrected chi connectivity index (χ3v) is 8.78. The number of nitrogens with zero attached hydrogens (tertiary/aromatic N) is 1. The Balaban J connectivity index is 1.99. The van der Waals surface area contributed by atoms with E-state index in [4.69, 9.17) is 5.73 Å². The van der Waals surface area contributed by atoms with Gasteiger partial charge in [0.15, 0.2) is 0 Å². The molecule has 0 aliphatic carbocycles. The van der Waals surface area contributed by atoms with E-state index in [1.54, 1.807) is 12.1 Å². The van der Waals surface area contributed by atoms with Gasteiger partial charge in [-0.3, -0.25) is 23.4 Å². The molecule has 13 heteroatoms. The molecule has 7 N–H and O–H groups in total. The van der Waals surface area contributed by atoms with Crippen molar-refractivity contribution in [3.05, 3.63) is 65.7 Å². The molecular formula is C31H45N5O7S. The number of nitrogens with two attached hydrogens (primary N) is 1. The third-order valence-electron chi connectivity index (χ3n) is 7.09. The van der Waals surface area contributed by atoms with Crippen LogP contribution in [0.5, 0.6) is 5.75 Å². The van der Waals surface area contributed by atoms with Gasteiger partial charge in [-0.05, 0) is 43.0 Å². The molecule has 0 saturated heterocycles. The van der Waals surface area contributed by atoms with Gasteiger partial charge in [0.25, 0.3) is 0 Å². The number of phenolic OH excluding ortho intramolecular Hbond substituents is 1. The number of benzene rings is 2. The maximum absolute atomic E-state index is 13.4. The first-order valence-electron chi connectivity index (χ1n) is 14.5. The van der Waals surface area contributed by atoms with Crippen molar-refractivity contribution in [2.75, 3.05) is 26.0 Å². The maximum Gasteiger partial charge on any atom is 0.243 e. The molecule has 0 radical (unpaired) electrons. The van der Waals surface area contributed by atoms with Crippen LogP contribution in [0.1, 0.15) is 38.3 Å². The number of aromatic hydroxyl groups is 1. The molecule has 5 unspecified atom stereocenters. The van der Waals surface area contributed by atoms with Gasteiger partial charge in [0.2, 0.25) is 23.6 Å². The Hall–Kier alpha value is -3.81. The van der Waals surface area contributed by atoms with Crippen LogP contribution in [0.15, 0.2) is 54.6 Å². The first-order valence-corrected chi connectivity index (χ1v) is 15.9. The monoisotopic (exact) mass is 631 g/mol. The number of carbonyl (C=O) groups is 4. The Kier molecular flexibility index (Phi) is 15.0. The molecule has 0 fully saturated rings. The number of carbonyl (C=O) groups excluding carboxylic acids is 4.